The molecule has 0 saturated carbocycles. The van der Waals surface area contributed by atoms with Gasteiger partial charge < -0.3 is 10.2 Å². The number of nitrogens with zero attached hydrogens (tertiary/aromatic N) is 2. The van der Waals surface area contributed by atoms with Crippen LogP contribution in [0, 0.1) is 0 Å². The first-order valence-corrected chi connectivity index (χ1v) is 8.23. The SMILES string of the molecule is C1=NOc2ccc3c(c2=C1)=NCS3.c1ccc2c(c1)CCN2. The van der Waals surface area contributed by atoms with Gasteiger partial charge in [0.05, 0.1) is 17.4 Å². The molecular weight excluding hydrogens is 294 g/mol. The highest BCUT2D eigenvalue weighted by Gasteiger charge is 2.10. The second-order valence-corrected chi connectivity index (χ2v) is 6.09. The molecule has 3 aliphatic heterocycles. The van der Waals surface area contributed by atoms with Gasteiger partial charge >= 0.3 is 0 Å². The fourth-order valence-corrected chi connectivity index (χ4v) is 3.50. The second-order valence-electron chi connectivity index (χ2n) is 5.10. The van der Waals surface area contributed by atoms with Gasteiger partial charge in [-0.3, -0.25) is 4.99 Å². The molecule has 0 atom stereocenters. The van der Waals surface area contributed by atoms with E-state index in [-0.39, 0.29) is 0 Å². The summed E-state index contributed by atoms with van der Waals surface area (Å²) in [7, 11) is 0. The Morgan fingerprint density at radius 1 is 1.14 bits per heavy atom. The highest BCUT2D eigenvalue weighted by Crippen LogP contribution is 2.20. The standard InChI is InChI=1S/C9H6N2OS.C8H9N/c1-2-8-9(10-5-13-8)6-3-4-11-12-7(1)6;1-2-4-8-7(3-1)5-6-9-8/h1-4H,5H2;1-4,9H,5-6H2. The summed E-state index contributed by atoms with van der Waals surface area (Å²) in [5.74, 6) is 1.61. The molecule has 22 heavy (non-hydrogen) atoms. The summed E-state index contributed by atoms with van der Waals surface area (Å²) in [6, 6.07) is 12.4. The van der Waals surface area contributed by atoms with Crippen molar-refractivity contribution in [1.29, 1.82) is 0 Å². The fourth-order valence-electron chi connectivity index (χ4n) is 2.69. The maximum atomic E-state index is 5.12. The Hall–Kier alpha value is -2.27. The van der Waals surface area contributed by atoms with Gasteiger partial charge in [-0.15, -0.1) is 11.8 Å². The molecule has 5 rings (SSSR count). The van der Waals surface area contributed by atoms with E-state index in [2.05, 4.69) is 39.7 Å². The molecule has 0 fully saturated rings. The van der Waals surface area contributed by atoms with Crippen LogP contribution in [-0.4, -0.2) is 18.6 Å². The van der Waals surface area contributed by atoms with Crippen molar-refractivity contribution in [2.24, 2.45) is 10.1 Å². The molecule has 3 heterocycles. The smallest absolute Gasteiger partial charge is 0.167 e. The molecule has 1 N–H and O–H groups in total. The van der Waals surface area contributed by atoms with Crippen molar-refractivity contribution in [2.45, 2.75) is 11.3 Å². The van der Waals surface area contributed by atoms with Crippen molar-refractivity contribution in [3.63, 3.8) is 0 Å². The van der Waals surface area contributed by atoms with Crippen molar-refractivity contribution < 1.29 is 4.84 Å². The van der Waals surface area contributed by atoms with Crippen LogP contribution < -0.4 is 20.7 Å². The number of fused-ring (bicyclic) bond motifs is 4. The van der Waals surface area contributed by atoms with Gasteiger partial charge in [0.25, 0.3) is 0 Å². The monoisotopic (exact) mass is 309 g/mol. The fraction of sp³-hybridized carbons (Fsp3) is 0.176. The molecule has 4 nitrogen and oxygen atoms in total. The van der Waals surface area contributed by atoms with Crippen LogP contribution in [0.2, 0.25) is 0 Å². The highest BCUT2D eigenvalue weighted by molar-refractivity contribution is 7.99. The number of hydrogen-bond donors (Lipinski definition) is 1. The van der Waals surface area contributed by atoms with Gasteiger partial charge in [-0.2, -0.15) is 0 Å². The number of benzene rings is 2. The zero-order valence-corrected chi connectivity index (χ0v) is 12.8. The minimum absolute atomic E-state index is 0.799. The van der Waals surface area contributed by atoms with E-state index in [1.54, 1.807) is 18.0 Å². The van der Waals surface area contributed by atoms with E-state index in [0.29, 0.717) is 0 Å². The van der Waals surface area contributed by atoms with E-state index in [4.69, 9.17) is 4.84 Å². The summed E-state index contributed by atoms with van der Waals surface area (Å²) in [5, 5.41) is 9.12. The number of hydrogen-bond acceptors (Lipinski definition) is 5. The summed E-state index contributed by atoms with van der Waals surface area (Å²) >= 11 is 1.75. The first-order valence-electron chi connectivity index (χ1n) is 7.24. The second kappa shape index (κ2) is 5.85. The molecular formula is C17H15N3OS. The van der Waals surface area contributed by atoms with Crippen molar-refractivity contribution >= 4 is 29.7 Å². The minimum atomic E-state index is 0.799. The highest BCUT2D eigenvalue weighted by atomic mass is 32.2. The third-order valence-corrected chi connectivity index (χ3v) is 4.66. The van der Waals surface area contributed by atoms with Crippen LogP contribution in [0.5, 0.6) is 5.75 Å². The third-order valence-electron chi connectivity index (χ3n) is 3.76. The van der Waals surface area contributed by atoms with E-state index in [1.807, 2.05) is 18.2 Å². The number of anilines is 1. The van der Waals surface area contributed by atoms with Gasteiger partial charge in [0, 0.05) is 22.3 Å². The van der Waals surface area contributed by atoms with E-state index in [0.717, 1.165) is 28.7 Å². The lowest BCUT2D eigenvalue weighted by atomic mass is 10.2. The Kier molecular flexibility index (Phi) is 3.56. The molecule has 0 aromatic heterocycles. The van der Waals surface area contributed by atoms with Gasteiger partial charge in [-0.25, -0.2) is 0 Å². The number of para-hydroxylation sites is 1. The van der Waals surface area contributed by atoms with Crippen molar-refractivity contribution in [2.75, 3.05) is 17.7 Å². The zero-order chi connectivity index (χ0) is 14.8. The lowest BCUT2D eigenvalue weighted by Gasteiger charge is -2.03. The molecule has 0 bridgehead atoms. The lowest BCUT2D eigenvalue weighted by molar-refractivity contribution is 0.338. The first-order chi connectivity index (χ1) is 10.9. The zero-order valence-electron chi connectivity index (χ0n) is 12.0. The summed E-state index contributed by atoms with van der Waals surface area (Å²) in [5.41, 5.74) is 2.77. The normalized spacial score (nSPS) is 15.8. The molecule has 2 aromatic rings. The third kappa shape index (κ3) is 2.48. The topological polar surface area (TPSA) is 46.0 Å². The molecule has 0 saturated heterocycles. The van der Waals surface area contributed by atoms with Crippen LogP contribution in [0.25, 0.3) is 6.08 Å². The number of nitrogens with one attached hydrogen (secondary N) is 1. The average molecular weight is 309 g/mol. The largest absolute Gasteiger partial charge is 0.384 e. The predicted octanol–water partition coefficient (Wildman–Crippen LogP) is 2.18. The summed E-state index contributed by atoms with van der Waals surface area (Å²) in [6.07, 6.45) is 4.78. The van der Waals surface area contributed by atoms with Gasteiger partial charge in [0.1, 0.15) is 0 Å². The number of thioether (sulfide) groups is 1. The molecule has 0 aliphatic carbocycles. The van der Waals surface area contributed by atoms with Crippen molar-refractivity contribution in [3.8, 4) is 5.75 Å². The van der Waals surface area contributed by atoms with Gasteiger partial charge in [-0.05, 0) is 36.3 Å². The summed E-state index contributed by atoms with van der Waals surface area (Å²) in [6.45, 7) is 1.11. The summed E-state index contributed by atoms with van der Waals surface area (Å²) < 4.78 is 0. The Balaban J connectivity index is 0.000000122. The molecule has 110 valence electrons. The number of rotatable bonds is 0. The maximum absolute atomic E-state index is 5.12. The number of oxime groups is 1. The van der Waals surface area contributed by atoms with Gasteiger partial charge in [0.2, 0.25) is 0 Å². The predicted molar refractivity (Wildman–Crippen MR) is 90.2 cm³/mol. The van der Waals surface area contributed by atoms with E-state index >= 15 is 0 Å². The van der Waals surface area contributed by atoms with E-state index in [9.17, 15) is 0 Å². The lowest BCUT2D eigenvalue weighted by Crippen LogP contribution is -2.28. The molecule has 3 aliphatic rings. The molecule has 0 unspecified atom stereocenters. The first kappa shape index (κ1) is 13.4. The quantitative estimate of drug-likeness (QED) is 0.811. The average Bonchev–Trinajstić information content (AvgIpc) is 3.24. The van der Waals surface area contributed by atoms with Crippen LogP contribution >= 0.6 is 11.8 Å². The van der Waals surface area contributed by atoms with Crippen LogP contribution in [-0.2, 0) is 6.42 Å². The minimum Gasteiger partial charge on any atom is -0.384 e. The van der Waals surface area contributed by atoms with Crippen molar-refractivity contribution in [1.82, 2.24) is 0 Å². The Morgan fingerprint density at radius 2 is 2.09 bits per heavy atom. The molecule has 0 amide bonds. The molecule has 2 aromatic carbocycles. The molecule has 5 heteroatoms. The Bertz CT molecular complexity index is 838. The van der Waals surface area contributed by atoms with Crippen LogP contribution in [0.1, 0.15) is 5.56 Å². The maximum Gasteiger partial charge on any atom is 0.167 e. The van der Waals surface area contributed by atoms with Gasteiger partial charge in [-0.1, -0.05) is 23.4 Å². The van der Waals surface area contributed by atoms with Crippen LogP contribution in [0.15, 0.2) is 51.4 Å². The van der Waals surface area contributed by atoms with Crippen LogP contribution in [0.4, 0.5) is 5.69 Å². The summed E-state index contributed by atoms with van der Waals surface area (Å²) in [4.78, 5) is 10.8. The Morgan fingerprint density at radius 3 is 3.05 bits per heavy atom. The molecule has 0 spiro atoms. The van der Waals surface area contributed by atoms with Crippen molar-refractivity contribution in [3.05, 3.63) is 52.5 Å². The van der Waals surface area contributed by atoms with E-state index < -0.39 is 0 Å². The molecule has 0 radical (unpaired) electrons. The van der Waals surface area contributed by atoms with Gasteiger partial charge in [0.15, 0.2) is 5.75 Å². The Labute approximate surface area is 132 Å². The van der Waals surface area contributed by atoms with E-state index in [1.165, 1.54) is 22.6 Å². The van der Waals surface area contributed by atoms with Crippen LogP contribution in [0.3, 0.4) is 0 Å².